The van der Waals surface area contributed by atoms with E-state index in [1.54, 1.807) is 60.7 Å². The topological polar surface area (TPSA) is 158 Å². The first-order chi connectivity index (χ1) is 21.2. The fourth-order valence-electron chi connectivity index (χ4n) is 4.32. The molecule has 0 aliphatic carbocycles. The summed E-state index contributed by atoms with van der Waals surface area (Å²) in [5.74, 6) is -0.837. The van der Waals surface area contributed by atoms with Gasteiger partial charge in [-0.2, -0.15) is 0 Å². The Balaban J connectivity index is 2.18. The van der Waals surface area contributed by atoms with Gasteiger partial charge in [0.2, 0.25) is 17.7 Å². The SMILES string of the molecule is C=CCOc1ccc(C[C@H](NC(C)=O)C(=O)N[C@H](CCCCN)C(=O)N[C@@H](Cc2ccc(OCC=C)cc2)C(=O)OC)cc1. The Morgan fingerprint density at radius 1 is 0.750 bits per heavy atom. The van der Waals surface area contributed by atoms with Gasteiger partial charge in [0, 0.05) is 19.8 Å². The number of nitrogens with one attached hydrogen (secondary N) is 3. The van der Waals surface area contributed by atoms with Gasteiger partial charge in [-0.3, -0.25) is 14.4 Å². The van der Waals surface area contributed by atoms with Crippen LogP contribution in [0.25, 0.3) is 0 Å². The zero-order valence-electron chi connectivity index (χ0n) is 25.5. The van der Waals surface area contributed by atoms with Crippen LogP contribution in [-0.4, -0.2) is 68.7 Å². The minimum absolute atomic E-state index is 0.157. The molecule has 2 rings (SSSR count). The van der Waals surface area contributed by atoms with Crippen molar-refractivity contribution in [3.8, 4) is 11.5 Å². The van der Waals surface area contributed by atoms with Crippen molar-refractivity contribution in [2.75, 3.05) is 26.9 Å². The number of methoxy groups -OCH3 is 1. The number of amides is 3. The summed E-state index contributed by atoms with van der Waals surface area (Å²) in [4.78, 5) is 51.5. The zero-order chi connectivity index (χ0) is 32.3. The number of carbonyl (C=O) groups excluding carboxylic acids is 4. The van der Waals surface area contributed by atoms with Crippen molar-refractivity contribution in [1.82, 2.24) is 16.0 Å². The average molecular weight is 609 g/mol. The van der Waals surface area contributed by atoms with Crippen molar-refractivity contribution in [2.24, 2.45) is 5.73 Å². The van der Waals surface area contributed by atoms with Gasteiger partial charge in [-0.25, -0.2) is 4.79 Å². The van der Waals surface area contributed by atoms with E-state index in [2.05, 4.69) is 29.1 Å². The molecule has 238 valence electrons. The smallest absolute Gasteiger partial charge is 0.328 e. The van der Waals surface area contributed by atoms with E-state index < -0.39 is 41.8 Å². The molecule has 0 saturated heterocycles. The average Bonchev–Trinajstić information content (AvgIpc) is 3.02. The minimum Gasteiger partial charge on any atom is -0.490 e. The number of ether oxygens (including phenoxy) is 3. The Bertz CT molecular complexity index is 1230. The first-order valence-electron chi connectivity index (χ1n) is 14.5. The monoisotopic (exact) mass is 608 g/mol. The van der Waals surface area contributed by atoms with E-state index in [1.165, 1.54) is 14.0 Å². The van der Waals surface area contributed by atoms with E-state index in [1.807, 2.05) is 0 Å². The van der Waals surface area contributed by atoms with E-state index in [9.17, 15) is 19.2 Å². The van der Waals surface area contributed by atoms with Crippen LogP contribution in [0.1, 0.15) is 37.3 Å². The molecule has 0 spiro atoms. The second-order valence-corrected chi connectivity index (χ2v) is 10.1. The van der Waals surface area contributed by atoms with Crippen LogP contribution in [-0.2, 0) is 36.8 Å². The molecule has 11 nitrogen and oxygen atoms in total. The van der Waals surface area contributed by atoms with Gasteiger partial charge >= 0.3 is 5.97 Å². The summed E-state index contributed by atoms with van der Waals surface area (Å²) in [6, 6.07) is 11.3. The predicted molar refractivity (Wildman–Crippen MR) is 168 cm³/mol. The van der Waals surface area contributed by atoms with Crippen molar-refractivity contribution in [2.45, 2.75) is 57.2 Å². The van der Waals surface area contributed by atoms with Crippen LogP contribution in [0.5, 0.6) is 11.5 Å². The highest BCUT2D eigenvalue weighted by Gasteiger charge is 2.30. The Morgan fingerprint density at radius 3 is 1.68 bits per heavy atom. The van der Waals surface area contributed by atoms with Crippen LogP contribution >= 0.6 is 0 Å². The van der Waals surface area contributed by atoms with Gasteiger partial charge in [-0.1, -0.05) is 49.6 Å². The second-order valence-electron chi connectivity index (χ2n) is 10.1. The summed E-state index contributed by atoms with van der Waals surface area (Å²) in [7, 11) is 1.24. The molecule has 2 aromatic carbocycles. The maximum absolute atomic E-state index is 13.5. The lowest BCUT2D eigenvalue weighted by Crippen LogP contribution is -2.56. The zero-order valence-corrected chi connectivity index (χ0v) is 25.5. The van der Waals surface area contributed by atoms with Crippen LogP contribution in [0.3, 0.4) is 0 Å². The van der Waals surface area contributed by atoms with E-state index in [4.69, 9.17) is 19.9 Å². The number of nitrogens with two attached hydrogens (primary N) is 1. The second kappa shape index (κ2) is 19.5. The van der Waals surface area contributed by atoms with E-state index >= 15 is 0 Å². The molecule has 3 atom stereocenters. The van der Waals surface area contributed by atoms with Gasteiger partial charge in [-0.15, -0.1) is 0 Å². The van der Waals surface area contributed by atoms with E-state index in [-0.39, 0.29) is 19.3 Å². The molecular formula is C33H44N4O7. The molecule has 0 heterocycles. The maximum Gasteiger partial charge on any atom is 0.328 e. The van der Waals surface area contributed by atoms with Crippen LogP contribution < -0.4 is 31.2 Å². The molecule has 0 radical (unpaired) electrons. The van der Waals surface area contributed by atoms with Gasteiger partial charge in [0.1, 0.15) is 42.8 Å². The first kappa shape index (κ1) is 35.6. The Kier molecular flexibility index (Phi) is 15.8. The first-order valence-corrected chi connectivity index (χ1v) is 14.5. The van der Waals surface area contributed by atoms with Crippen molar-refractivity contribution in [3.05, 3.63) is 85.0 Å². The molecule has 0 unspecified atom stereocenters. The van der Waals surface area contributed by atoms with Crippen molar-refractivity contribution < 1.29 is 33.4 Å². The maximum atomic E-state index is 13.5. The normalized spacial score (nSPS) is 12.5. The molecule has 0 saturated carbocycles. The fourth-order valence-corrected chi connectivity index (χ4v) is 4.32. The molecule has 3 amide bonds. The third-order valence-corrected chi connectivity index (χ3v) is 6.54. The summed E-state index contributed by atoms with van der Waals surface area (Å²) < 4.78 is 15.9. The number of hydrogen-bond acceptors (Lipinski definition) is 8. The molecule has 44 heavy (non-hydrogen) atoms. The Labute approximate surface area is 259 Å². The third kappa shape index (κ3) is 12.7. The van der Waals surface area contributed by atoms with Gasteiger partial charge in [0.15, 0.2) is 0 Å². The molecule has 0 aromatic heterocycles. The predicted octanol–water partition coefficient (Wildman–Crippen LogP) is 2.38. The Morgan fingerprint density at radius 2 is 1.23 bits per heavy atom. The summed E-state index contributed by atoms with van der Waals surface area (Å²) in [5.41, 5.74) is 7.20. The van der Waals surface area contributed by atoms with Gasteiger partial charge in [0.25, 0.3) is 0 Å². The molecule has 11 heteroatoms. The quantitative estimate of drug-likeness (QED) is 0.101. The summed E-state index contributed by atoms with van der Waals surface area (Å²) in [5, 5.41) is 8.18. The number of carbonyl (C=O) groups is 4. The molecule has 0 aliphatic heterocycles. The summed E-state index contributed by atoms with van der Waals surface area (Å²) in [6.07, 6.45) is 5.08. The molecule has 0 fully saturated rings. The molecule has 5 N–H and O–H groups in total. The Hall–Kier alpha value is -4.64. The number of benzene rings is 2. The lowest BCUT2D eigenvalue weighted by molar-refractivity contribution is -0.145. The number of esters is 1. The number of rotatable bonds is 20. The largest absolute Gasteiger partial charge is 0.490 e. The van der Waals surface area contributed by atoms with Gasteiger partial charge in [-0.05, 0) is 61.2 Å². The van der Waals surface area contributed by atoms with Crippen molar-refractivity contribution in [3.63, 3.8) is 0 Å². The van der Waals surface area contributed by atoms with Gasteiger partial charge < -0.3 is 35.9 Å². The van der Waals surface area contributed by atoms with Crippen molar-refractivity contribution >= 4 is 23.7 Å². The fraction of sp³-hybridized carbons (Fsp3) is 0.394. The molecular weight excluding hydrogens is 564 g/mol. The molecule has 2 aromatic rings. The number of hydrogen-bond donors (Lipinski definition) is 4. The lowest BCUT2D eigenvalue weighted by Gasteiger charge is -2.25. The highest BCUT2D eigenvalue weighted by atomic mass is 16.5. The van der Waals surface area contributed by atoms with Crippen LogP contribution in [0.15, 0.2) is 73.8 Å². The highest BCUT2D eigenvalue weighted by Crippen LogP contribution is 2.16. The summed E-state index contributed by atoms with van der Waals surface area (Å²) >= 11 is 0. The van der Waals surface area contributed by atoms with Crippen LogP contribution in [0.4, 0.5) is 0 Å². The molecule has 0 bridgehead atoms. The minimum atomic E-state index is -1.01. The third-order valence-electron chi connectivity index (χ3n) is 6.54. The number of unbranched alkanes of at least 4 members (excludes halogenated alkanes) is 1. The van der Waals surface area contributed by atoms with Crippen molar-refractivity contribution in [1.29, 1.82) is 0 Å². The van der Waals surface area contributed by atoms with Gasteiger partial charge in [0.05, 0.1) is 7.11 Å². The highest BCUT2D eigenvalue weighted by molar-refractivity contribution is 5.93. The summed E-state index contributed by atoms with van der Waals surface area (Å²) in [6.45, 7) is 9.70. The van der Waals surface area contributed by atoms with E-state index in [0.717, 1.165) is 11.1 Å². The molecule has 0 aliphatic rings. The standard InChI is InChI=1S/C33H44N4O7/c1-5-19-43-26-14-10-24(11-15-26)21-29(35-23(3)38)32(40)36-28(9-7-8-18-34)31(39)37-30(33(41)42-4)22-25-12-16-27(17-13-25)44-20-6-2/h5-6,10-17,28-30H,1-2,7-9,18-22,34H2,3-4H3,(H,35,38)(H,36,40)(H,37,39)/t28-,29+,30+/m1/s1. The van der Waals surface area contributed by atoms with Crippen LogP contribution in [0.2, 0.25) is 0 Å². The lowest BCUT2D eigenvalue weighted by atomic mass is 10.0. The van der Waals surface area contributed by atoms with E-state index in [0.29, 0.717) is 44.1 Å². The van der Waals surface area contributed by atoms with Crippen LogP contribution in [0, 0.1) is 0 Å².